The van der Waals surface area contributed by atoms with Gasteiger partial charge in [0, 0.05) is 6.92 Å². The van der Waals surface area contributed by atoms with Gasteiger partial charge in [-0.3, -0.25) is 19.2 Å². The van der Waals surface area contributed by atoms with Crippen LogP contribution < -0.4 is 16.4 Å². The van der Waals surface area contributed by atoms with E-state index in [-0.39, 0.29) is 24.9 Å². The summed E-state index contributed by atoms with van der Waals surface area (Å²) in [6.07, 6.45) is 0.375. The Hall–Kier alpha value is -2.12. The molecule has 0 saturated heterocycles. The van der Waals surface area contributed by atoms with E-state index >= 15 is 0 Å². The molecule has 0 aromatic rings. The fourth-order valence-corrected chi connectivity index (χ4v) is 2.30. The summed E-state index contributed by atoms with van der Waals surface area (Å²) < 4.78 is 4.84. The number of nitrogens with two attached hydrogens (primary N) is 1. The van der Waals surface area contributed by atoms with Crippen LogP contribution in [0.1, 0.15) is 47.5 Å². The molecule has 0 unspecified atom stereocenters. The monoisotopic (exact) mass is 343 g/mol. The van der Waals surface area contributed by atoms with Crippen molar-refractivity contribution >= 4 is 23.7 Å². The summed E-state index contributed by atoms with van der Waals surface area (Å²) >= 11 is 0. The van der Waals surface area contributed by atoms with Crippen molar-refractivity contribution in [3.63, 3.8) is 0 Å². The normalized spacial score (nSPS) is 14.4. The molecule has 8 heteroatoms. The van der Waals surface area contributed by atoms with Gasteiger partial charge in [-0.1, -0.05) is 20.8 Å². The lowest BCUT2D eigenvalue weighted by atomic mass is 9.96. The number of rotatable bonds is 10. The minimum Gasteiger partial charge on any atom is -0.466 e. The van der Waals surface area contributed by atoms with Crippen LogP contribution in [0.3, 0.4) is 0 Å². The quantitative estimate of drug-likeness (QED) is 0.485. The van der Waals surface area contributed by atoms with Crippen LogP contribution in [0.5, 0.6) is 0 Å². The van der Waals surface area contributed by atoms with E-state index in [4.69, 9.17) is 10.5 Å². The molecule has 4 N–H and O–H groups in total. The predicted molar refractivity (Wildman–Crippen MR) is 88.6 cm³/mol. The molecule has 0 radical (unpaired) electrons. The van der Waals surface area contributed by atoms with Gasteiger partial charge in [0.25, 0.3) is 0 Å². The molecule has 0 fully saturated rings. The summed E-state index contributed by atoms with van der Waals surface area (Å²) in [5, 5.41) is 5.10. The number of carbonyl (C=O) groups is 4. The zero-order chi connectivity index (χ0) is 18.9. The number of primary amides is 1. The number of ether oxygens (including phenoxy) is 1. The second-order valence-corrected chi connectivity index (χ2v) is 6.26. The van der Waals surface area contributed by atoms with E-state index in [1.165, 1.54) is 6.92 Å². The van der Waals surface area contributed by atoms with Gasteiger partial charge in [-0.05, 0) is 25.2 Å². The van der Waals surface area contributed by atoms with E-state index in [1.807, 2.05) is 13.8 Å². The third-order valence-corrected chi connectivity index (χ3v) is 3.37. The van der Waals surface area contributed by atoms with E-state index in [1.54, 1.807) is 13.8 Å². The minimum absolute atomic E-state index is 0.0449. The summed E-state index contributed by atoms with van der Waals surface area (Å²) in [6, 6.07) is -1.79. The van der Waals surface area contributed by atoms with Crippen LogP contribution in [0.2, 0.25) is 0 Å². The molecule has 0 aliphatic carbocycles. The van der Waals surface area contributed by atoms with Gasteiger partial charge in [-0.15, -0.1) is 0 Å². The molecule has 0 aromatic carbocycles. The van der Waals surface area contributed by atoms with Gasteiger partial charge in [-0.25, -0.2) is 0 Å². The molecule has 0 spiro atoms. The van der Waals surface area contributed by atoms with Gasteiger partial charge in [0.05, 0.1) is 13.0 Å². The van der Waals surface area contributed by atoms with Crippen molar-refractivity contribution in [1.82, 2.24) is 10.6 Å². The van der Waals surface area contributed by atoms with E-state index in [0.29, 0.717) is 6.42 Å². The van der Waals surface area contributed by atoms with Crippen molar-refractivity contribution < 1.29 is 23.9 Å². The predicted octanol–water partition coefficient (Wildman–Crippen LogP) is 0.0966. The Morgan fingerprint density at radius 3 is 2.08 bits per heavy atom. The van der Waals surface area contributed by atoms with Gasteiger partial charge >= 0.3 is 5.97 Å². The molecular weight excluding hydrogens is 314 g/mol. The minimum atomic E-state index is -1.02. The molecule has 0 aliphatic heterocycles. The van der Waals surface area contributed by atoms with E-state index in [2.05, 4.69) is 10.6 Å². The molecule has 0 bridgehead atoms. The molecule has 0 saturated carbocycles. The van der Waals surface area contributed by atoms with Crippen molar-refractivity contribution in [1.29, 1.82) is 0 Å². The van der Waals surface area contributed by atoms with E-state index in [0.717, 1.165) is 0 Å². The number of carbonyl (C=O) groups excluding carboxylic acids is 4. The lowest BCUT2D eigenvalue weighted by molar-refractivity contribution is -0.145. The van der Waals surface area contributed by atoms with Crippen molar-refractivity contribution in [2.24, 2.45) is 17.6 Å². The molecule has 0 heterocycles. The molecule has 0 aliphatic rings. The Morgan fingerprint density at radius 2 is 1.67 bits per heavy atom. The molecule has 3 atom stereocenters. The fourth-order valence-electron chi connectivity index (χ4n) is 2.30. The summed E-state index contributed by atoms with van der Waals surface area (Å²) in [5.41, 5.74) is 5.35. The summed E-state index contributed by atoms with van der Waals surface area (Å²) in [5.74, 6) is -2.42. The lowest BCUT2D eigenvalue weighted by Crippen LogP contribution is -2.55. The van der Waals surface area contributed by atoms with E-state index < -0.39 is 35.8 Å². The van der Waals surface area contributed by atoms with Crippen LogP contribution in [0.25, 0.3) is 0 Å². The standard InChI is InChI=1S/C16H29N3O5/c1-6-24-13(21)8-10(4)14(15(17)22)19-16(23)12(7-9(2)3)18-11(5)20/h9-10,12,14H,6-8H2,1-5H3,(H2,17,22)(H,18,20)(H,19,23)/t10-,12+,14-/m1/s1. The maximum absolute atomic E-state index is 12.4. The smallest absolute Gasteiger partial charge is 0.306 e. The van der Waals surface area contributed by atoms with Crippen LogP contribution in [0, 0.1) is 11.8 Å². The third-order valence-electron chi connectivity index (χ3n) is 3.37. The molecule has 0 aromatic heterocycles. The number of amides is 3. The van der Waals surface area contributed by atoms with Crippen LogP contribution >= 0.6 is 0 Å². The average Bonchev–Trinajstić information content (AvgIpc) is 2.42. The summed E-state index contributed by atoms with van der Waals surface area (Å²) in [4.78, 5) is 46.9. The molecule has 0 rings (SSSR count). The zero-order valence-corrected chi connectivity index (χ0v) is 15.0. The number of hydrogen-bond donors (Lipinski definition) is 3. The largest absolute Gasteiger partial charge is 0.466 e. The molecule has 3 amide bonds. The third kappa shape index (κ3) is 8.50. The highest BCUT2D eigenvalue weighted by molar-refractivity contribution is 5.91. The first-order chi connectivity index (χ1) is 11.1. The van der Waals surface area contributed by atoms with Gasteiger partial charge in [0.2, 0.25) is 17.7 Å². The van der Waals surface area contributed by atoms with E-state index in [9.17, 15) is 19.2 Å². The van der Waals surface area contributed by atoms with Crippen LogP contribution in [-0.2, 0) is 23.9 Å². The highest BCUT2D eigenvalue weighted by Gasteiger charge is 2.30. The first kappa shape index (κ1) is 21.9. The lowest BCUT2D eigenvalue weighted by Gasteiger charge is -2.25. The highest BCUT2D eigenvalue weighted by atomic mass is 16.5. The molecular formula is C16H29N3O5. The Kier molecular flexibility index (Phi) is 9.68. The summed E-state index contributed by atoms with van der Waals surface area (Å²) in [6.45, 7) is 8.68. The van der Waals surface area contributed by atoms with Crippen LogP contribution in [0.4, 0.5) is 0 Å². The topological polar surface area (TPSA) is 128 Å². The SMILES string of the molecule is CCOC(=O)C[C@@H](C)[C@@H](NC(=O)[C@H](CC(C)C)NC(C)=O)C(N)=O. The van der Waals surface area contributed by atoms with Crippen LogP contribution in [0.15, 0.2) is 0 Å². The second kappa shape index (κ2) is 10.6. The highest BCUT2D eigenvalue weighted by Crippen LogP contribution is 2.11. The number of esters is 1. The molecule has 138 valence electrons. The first-order valence-corrected chi connectivity index (χ1v) is 8.10. The molecule has 8 nitrogen and oxygen atoms in total. The zero-order valence-electron chi connectivity index (χ0n) is 15.0. The second-order valence-electron chi connectivity index (χ2n) is 6.26. The number of hydrogen-bond acceptors (Lipinski definition) is 5. The van der Waals surface area contributed by atoms with Crippen LogP contribution in [-0.4, -0.2) is 42.4 Å². The van der Waals surface area contributed by atoms with Gasteiger partial charge in [-0.2, -0.15) is 0 Å². The Morgan fingerprint density at radius 1 is 1.08 bits per heavy atom. The van der Waals surface area contributed by atoms with Crippen molar-refractivity contribution in [3.8, 4) is 0 Å². The Labute approximate surface area is 142 Å². The average molecular weight is 343 g/mol. The first-order valence-electron chi connectivity index (χ1n) is 8.10. The Balaban J connectivity index is 4.99. The number of nitrogens with one attached hydrogen (secondary N) is 2. The van der Waals surface area contributed by atoms with Crippen molar-refractivity contribution in [2.75, 3.05) is 6.61 Å². The summed E-state index contributed by atoms with van der Waals surface area (Å²) in [7, 11) is 0. The van der Waals surface area contributed by atoms with Crippen molar-refractivity contribution in [2.45, 2.75) is 59.5 Å². The fraction of sp³-hybridized carbons (Fsp3) is 0.750. The van der Waals surface area contributed by atoms with Gasteiger partial charge in [0.15, 0.2) is 0 Å². The Bertz CT molecular complexity index is 465. The molecule has 24 heavy (non-hydrogen) atoms. The van der Waals surface area contributed by atoms with Crippen molar-refractivity contribution in [3.05, 3.63) is 0 Å². The van der Waals surface area contributed by atoms with Gasteiger partial charge < -0.3 is 21.1 Å². The van der Waals surface area contributed by atoms with Gasteiger partial charge in [0.1, 0.15) is 12.1 Å². The maximum Gasteiger partial charge on any atom is 0.306 e. The maximum atomic E-state index is 12.4.